The number of nitrogens with one attached hydrogen (secondary N) is 1. The van der Waals surface area contributed by atoms with Crippen molar-refractivity contribution in [2.75, 3.05) is 12.4 Å². The summed E-state index contributed by atoms with van der Waals surface area (Å²) >= 11 is 5.13. The fraction of sp³-hybridized carbons (Fsp3) is 0.348. The van der Waals surface area contributed by atoms with Gasteiger partial charge in [0.25, 0.3) is 5.91 Å². The Morgan fingerprint density at radius 1 is 1.06 bits per heavy atom. The van der Waals surface area contributed by atoms with Gasteiger partial charge >= 0.3 is 0 Å². The topological polar surface area (TPSA) is 69.0 Å². The summed E-state index contributed by atoms with van der Waals surface area (Å²) in [6.45, 7) is 5.23. The van der Waals surface area contributed by atoms with E-state index in [4.69, 9.17) is 4.74 Å². The number of aromatic nitrogens is 3. The van der Waals surface area contributed by atoms with E-state index < -0.39 is 0 Å². The Bertz CT molecular complexity index is 974. The lowest BCUT2D eigenvalue weighted by Gasteiger charge is -2.11. The van der Waals surface area contributed by atoms with Crippen LogP contribution in [-0.4, -0.2) is 33.0 Å². The van der Waals surface area contributed by atoms with Gasteiger partial charge in [0.15, 0.2) is 11.0 Å². The van der Waals surface area contributed by atoms with E-state index in [9.17, 15) is 4.79 Å². The molecule has 8 heteroatoms. The molecule has 3 rings (SSSR count). The van der Waals surface area contributed by atoms with Crippen LogP contribution >= 0.6 is 27.7 Å². The predicted octanol–water partition coefficient (Wildman–Crippen LogP) is 5.64. The standard InChI is InChI=1S/C23H27BrN4O2S/c1-3-5-14-30-20-12-6-17(7-13-20)22(29)25-16-21-26-27-23(31-15-4-2)28(21)19-10-8-18(24)9-11-19/h6-13H,3-5,14-16H2,1-2H3,(H,25,29). The van der Waals surface area contributed by atoms with Crippen molar-refractivity contribution in [1.82, 2.24) is 20.1 Å². The minimum absolute atomic E-state index is 0.159. The van der Waals surface area contributed by atoms with Crippen molar-refractivity contribution in [3.63, 3.8) is 0 Å². The molecule has 164 valence electrons. The number of nitrogens with zero attached hydrogens (tertiary/aromatic N) is 3. The number of halogens is 1. The molecule has 0 radical (unpaired) electrons. The highest BCUT2D eigenvalue weighted by atomic mass is 79.9. The number of unbranched alkanes of at least 4 members (excludes halogenated alkanes) is 1. The van der Waals surface area contributed by atoms with Gasteiger partial charge in [0.05, 0.1) is 13.2 Å². The zero-order valence-electron chi connectivity index (χ0n) is 17.8. The summed E-state index contributed by atoms with van der Waals surface area (Å²) in [5.41, 5.74) is 1.54. The average Bonchev–Trinajstić information content (AvgIpc) is 3.20. The van der Waals surface area contributed by atoms with Gasteiger partial charge in [0.2, 0.25) is 0 Å². The maximum absolute atomic E-state index is 12.6. The lowest BCUT2D eigenvalue weighted by atomic mass is 10.2. The Balaban J connectivity index is 1.70. The van der Waals surface area contributed by atoms with Crippen molar-refractivity contribution < 1.29 is 9.53 Å². The Morgan fingerprint density at radius 3 is 2.48 bits per heavy atom. The van der Waals surface area contributed by atoms with E-state index in [0.717, 1.165) is 46.1 Å². The van der Waals surface area contributed by atoms with E-state index in [-0.39, 0.29) is 12.5 Å². The van der Waals surface area contributed by atoms with Crippen molar-refractivity contribution in [2.45, 2.75) is 44.8 Å². The Hall–Kier alpha value is -2.32. The van der Waals surface area contributed by atoms with Gasteiger partial charge in [0.1, 0.15) is 5.75 Å². The molecular weight excluding hydrogens is 476 g/mol. The summed E-state index contributed by atoms with van der Waals surface area (Å²) in [6, 6.07) is 15.2. The third-order valence-corrected chi connectivity index (χ3v) is 6.17. The quantitative estimate of drug-likeness (QED) is 0.271. The number of carbonyl (C=O) groups excluding carboxylic acids is 1. The van der Waals surface area contributed by atoms with Crippen LogP contribution < -0.4 is 10.1 Å². The van der Waals surface area contributed by atoms with Crippen molar-refractivity contribution in [3.8, 4) is 11.4 Å². The van der Waals surface area contributed by atoms with E-state index in [1.807, 2.05) is 41.0 Å². The molecule has 3 aromatic rings. The molecule has 1 aromatic heterocycles. The highest BCUT2D eigenvalue weighted by Gasteiger charge is 2.15. The lowest BCUT2D eigenvalue weighted by molar-refractivity contribution is 0.0949. The molecule has 0 saturated carbocycles. The molecule has 0 aliphatic heterocycles. The molecule has 1 heterocycles. The normalized spacial score (nSPS) is 10.8. The summed E-state index contributed by atoms with van der Waals surface area (Å²) in [4.78, 5) is 12.6. The summed E-state index contributed by atoms with van der Waals surface area (Å²) in [6.07, 6.45) is 3.14. The van der Waals surface area contributed by atoms with Gasteiger partial charge in [-0.2, -0.15) is 0 Å². The minimum atomic E-state index is -0.159. The summed E-state index contributed by atoms with van der Waals surface area (Å²) in [7, 11) is 0. The maximum atomic E-state index is 12.6. The van der Waals surface area contributed by atoms with Crippen molar-refractivity contribution in [2.24, 2.45) is 0 Å². The van der Waals surface area contributed by atoms with Gasteiger partial charge in [-0.3, -0.25) is 9.36 Å². The van der Waals surface area contributed by atoms with Gasteiger partial charge in [-0.05, 0) is 61.4 Å². The second-order valence-electron chi connectivity index (χ2n) is 6.97. The van der Waals surface area contributed by atoms with E-state index in [0.29, 0.717) is 18.0 Å². The first-order valence-electron chi connectivity index (χ1n) is 10.5. The fourth-order valence-corrected chi connectivity index (χ4v) is 3.94. The molecule has 0 aliphatic carbocycles. The number of hydrogen-bond acceptors (Lipinski definition) is 5. The van der Waals surface area contributed by atoms with Crippen LogP contribution in [0.3, 0.4) is 0 Å². The maximum Gasteiger partial charge on any atom is 0.251 e. The van der Waals surface area contributed by atoms with Crippen LogP contribution in [-0.2, 0) is 6.54 Å². The van der Waals surface area contributed by atoms with Crippen LogP contribution in [0.25, 0.3) is 5.69 Å². The highest BCUT2D eigenvalue weighted by Crippen LogP contribution is 2.24. The van der Waals surface area contributed by atoms with Crippen LogP contribution in [0.15, 0.2) is 58.2 Å². The number of benzene rings is 2. The van der Waals surface area contributed by atoms with Gasteiger partial charge in [0, 0.05) is 21.5 Å². The van der Waals surface area contributed by atoms with Crippen molar-refractivity contribution in [1.29, 1.82) is 0 Å². The number of ether oxygens (including phenoxy) is 1. The van der Waals surface area contributed by atoms with E-state index in [1.54, 1.807) is 23.9 Å². The van der Waals surface area contributed by atoms with E-state index in [2.05, 4.69) is 45.3 Å². The monoisotopic (exact) mass is 502 g/mol. The summed E-state index contributed by atoms with van der Waals surface area (Å²) < 4.78 is 8.66. The number of amides is 1. The molecule has 1 N–H and O–H groups in total. The summed E-state index contributed by atoms with van der Waals surface area (Å²) in [5, 5.41) is 12.5. The first-order valence-corrected chi connectivity index (χ1v) is 12.2. The van der Waals surface area contributed by atoms with Crippen LogP contribution in [0.2, 0.25) is 0 Å². The smallest absolute Gasteiger partial charge is 0.251 e. The van der Waals surface area contributed by atoms with Crippen LogP contribution in [0.1, 0.15) is 49.3 Å². The first kappa shape index (κ1) is 23.3. The number of rotatable bonds is 11. The van der Waals surface area contributed by atoms with E-state index >= 15 is 0 Å². The molecule has 0 aliphatic rings. The fourth-order valence-electron chi connectivity index (χ4n) is 2.85. The molecular formula is C23H27BrN4O2S. The SMILES string of the molecule is CCCCOc1ccc(C(=O)NCc2nnc(SCCC)n2-c2ccc(Br)cc2)cc1. The molecule has 0 saturated heterocycles. The number of hydrogen-bond donors (Lipinski definition) is 1. The molecule has 6 nitrogen and oxygen atoms in total. The second kappa shape index (κ2) is 11.9. The van der Waals surface area contributed by atoms with Crippen molar-refractivity contribution >= 4 is 33.6 Å². The predicted molar refractivity (Wildman–Crippen MR) is 128 cm³/mol. The first-order chi connectivity index (χ1) is 15.1. The third kappa shape index (κ3) is 6.58. The largest absolute Gasteiger partial charge is 0.494 e. The molecule has 0 bridgehead atoms. The Kier molecular flexibility index (Phi) is 8.97. The van der Waals surface area contributed by atoms with Crippen LogP contribution in [0.4, 0.5) is 0 Å². The van der Waals surface area contributed by atoms with Crippen LogP contribution in [0, 0.1) is 0 Å². The third-order valence-electron chi connectivity index (χ3n) is 4.51. The minimum Gasteiger partial charge on any atom is -0.494 e. The van der Waals surface area contributed by atoms with E-state index in [1.165, 1.54) is 0 Å². The average molecular weight is 503 g/mol. The van der Waals surface area contributed by atoms with Crippen molar-refractivity contribution in [3.05, 3.63) is 64.4 Å². The Labute approximate surface area is 195 Å². The second-order valence-corrected chi connectivity index (χ2v) is 8.95. The molecule has 0 atom stereocenters. The van der Waals surface area contributed by atoms with Gasteiger partial charge in [-0.25, -0.2) is 0 Å². The molecule has 31 heavy (non-hydrogen) atoms. The molecule has 0 unspecified atom stereocenters. The molecule has 1 amide bonds. The molecule has 0 spiro atoms. The number of thioether (sulfide) groups is 1. The van der Waals surface area contributed by atoms with Gasteiger partial charge < -0.3 is 10.1 Å². The number of carbonyl (C=O) groups is 1. The zero-order valence-corrected chi connectivity index (χ0v) is 20.2. The Morgan fingerprint density at radius 2 is 1.81 bits per heavy atom. The lowest BCUT2D eigenvalue weighted by Crippen LogP contribution is -2.24. The van der Waals surface area contributed by atoms with Gasteiger partial charge in [-0.15, -0.1) is 10.2 Å². The molecule has 2 aromatic carbocycles. The summed E-state index contributed by atoms with van der Waals surface area (Å²) in [5.74, 6) is 2.26. The van der Waals surface area contributed by atoms with Crippen LogP contribution in [0.5, 0.6) is 5.75 Å². The highest BCUT2D eigenvalue weighted by molar-refractivity contribution is 9.10. The molecule has 0 fully saturated rings. The van der Waals surface area contributed by atoms with Gasteiger partial charge in [-0.1, -0.05) is 48.0 Å². The zero-order chi connectivity index (χ0) is 22.1.